The summed E-state index contributed by atoms with van der Waals surface area (Å²) in [5.74, 6) is 2.34. The summed E-state index contributed by atoms with van der Waals surface area (Å²) in [4.78, 5) is 2.82. The lowest BCUT2D eigenvalue weighted by atomic mass is 10.1. The molecule has 1 aromatic rings. The van der Waals surface area contributed by atoms with Crippen molar-refractivity contribution in [3.63, 3.8) is 0 Å². The van der Waals surface area contributed by atoms with Gasteiger partial charge in [-0.15, -0.1) is 0 Å². The Morgan fingerprint density at radius 2 is 2.06 bits per heavy atom. The minimum atomic E-state index is 0.459. The van der Waals surface area contributed by atoms with Crippen LogP contribution in [0.5, 0.6) is 0 Å². The van der Waals surface area contributed by atoms with Crippen LogP contribution >= 0.6 is 39.9 Å². The van der Waals surface area contributed by atoms with Crippen LogP contribution in [-0.4, -0.2) is 29.6 Å². The molecule has 5 heteroatoms. The summed E-state index contributed by atoms with van der Waals surface area (Å²) in [6, 6.07) is 6.11. The number of anilines is 1. The summed E-state index contributed by atoms with van der Waals surface area (Å²) in [5, 5.41) is 0. The average Bonchev–Trinajstić information content (AvgIpc) is 2.29. The normalized spacial score (nSPS) is 16.2. The van der Waals surface area contributed by atoms with Crippen molar-refractivity contribution in [1.29, 1.82) is 0 Å². The van der Waals surface area contributed by atoms with Gasteiger partial charge < -0.3 is 10.6 Å². The molecule has 1 heterocycles. The fourth-order valence-corrected chi connectivity index (χ4v) is 3.64. The average molecular weight is 317 g/mol. The zero-order valence-corrected chi connectivity index (χ0v) is 12.0. The van der Waals surface area contributed by atoms with Crippen LogP contribution in [-0.2, 0) is 0 Å². The number of thioether (sulfide) groups is 1. The smallest absolute Gasteiger partial charge is 0.107 e. The molecule has 1 aromatic carbocycles. The van der Waals surface area contributed by atoms with Crippen LogP contribution in [0, 0.1) is 0 Å². The molecule has 16 heavy (non-hydrogen) atoms. The Hall–Kier alpha value is -0.260. The molecular formula is C11H13BrN2S2. The Morgan fingerprint density at radius 3 is 2.69 bits per heavy atom. The maximum atomic E-state index is 5.79. The van der Waals surface area contributed by atoms with E-state index in [1.165, 1.54) is 11.5 Å². The number of hydrogen-bond acceptors (Lipinski definition) is 3. The van der Waals surface area contributed by atoms with Gasteiger partial charge in [0.15, 0.2) is 0 Å². The van der Waals surface area contributed by atoms with E-state index in [0.717, 1.165) is 28.8 Å². The fourth-order valence-electron chi connectivity index (χ4n) is 1.82. The van der Waals surface area contributed by atoms with E-state index in [1.54, 1.807) is 0 Å². The van der Waals surface area contributed by atoms with E-state index in [1.807, 2.05) is 23.9 Å². The number of nitrogens with zero attached hydrogens (tertiary/aromatic N) is 1. The van der Waals surface area contributed by atoms with Crippen LogP contribution in [0.2, 0.25) is 0 Å². The van der Waals surface area contributed by atoms with Crippen molar-refractivity contribution in [2.24, 2.45) is 5.73 Å². The third-order valence-electron chi connectivity index (χ3n) is 2.59. The van der Waals surface area contributed by atoms with Gasteiger partial charge in [0, 0.05) is 40.3 Å². The molecule has 1 fully saturated rings. The molecule has 0 saturated carbocycles. The lowest BCUT2D eigenvalue weighted by molar-refractivity contribution is 0.857. The second kappa shape index (κ2) is 5.38. The molecule has 2 N–H and O–H groups in total. The predicted molar refractivity (Wildman–Crippen MR) is 79.6 cm³/mol. The van der Waals surface area contributed by atoms with Gasteiger partial charge in [-0.1, -0.05) is 18.3 Å². The second-order valence-corrected chi connectivity index (χ2v) is 6.12. The van der Waals surface area contributed by atoms with Crippen molar-refractivity contribution in [2.45, 2.75) is 0 Å². The third-order valence-corrected chi connectivity index (χ3v) is 4.40. The highest BCUT2D eigenvalue weighted by Gasteiger charge is 2.17. The molecule has 0 aliphatic carbocycles. The molecule has 86 valence electrons. The van der Waals surface area contributed by atoms with E-state index >= 15 is 0 Å². The number of hydrogen-bond donors (Lipinski definition) is 1. The molecule has 0 bridgehead atoms. The van der Waals surface area contributed by atoms with E-state index in [0.29, 0.717) is 4.99 Å². The predicted octanol–water partition coefficient (Wildman–Crippen LogP) is 2.64. The van der Waals surface area contributed by atoms with Gasteiger partial charge in [0.25, 0.3) is 0 Å². The first-order valence-electron chi connectivity index (χ1n) is 5.11. The lowest BCUT2D eigenvalue weighted by Crippen LogP contribution is -2.34. The molecule has 0 radical (unpaired) electrons. The van der Waals surface area contributed by atoms with E-state index < -0.39 is 0 Å². The number of thiocarbonyl (C=S) groups is 1. The van der Waals surface area contributed by atoms with E-state index in [2.05, 4.69) is 26.9 Å². The minimum Gasteiger partial charge on any atom is -0.389 e. The molecular weight excluding hydrogens is 304 g/mol. The maximum Gasteiger partial charge on any atom is 0.107 e. The van der Waals surface area contributed by atoms with Gasteiger partial charge in [-0.2, -0.15) is 11.8 Å². The first kappa shape index (κ1) is 12.2. The molecule has 1 aliphatic rings. The highest BCUT2D eigenvalue weighted by Crippen LogP contribution is 2.29. The highest BCUT2D eigenvalue weighted by molar-refractivity contribution is 9.10. The van der Waals surface area contributed by atoms with Gasteiger partial charge in [-0.25, -0.2) is 0 Å². The number of rotatable bonds is 2. The molecule has 0 unspecified atom stereocenters. The summed E-state index contributed by atoms with van der Waals surface area (Å²) in [6.45, 7) is 2.13. The minimum absolute atomic E-state index is 0.459. The van der Waals surface area contributed by atoms with Gasteiger partial charge >= 0.3 is 0 Å². The Balaban J connectivity index is 2.38. The quantitative estimate of drug-likeness (QED) is 0.849. The van der Waals surface area contributed by atoms with Crippen LogP contribution in [0.3, 0.4) is 0 Å². The first-order chi connectivity index (χ1) is 7.70. The Kier molecular flexibility index (Phi) is 4.10. The SMILES string of the molecule is NC(=S)c1c(Br)cccc1N1CCSCC1. The van der Waals surface area contributed by atoms with Crippen LogP contribution < -0.4 is 10.6 Å². The summed E-state index contributed by atoms with van der Waals surface area (Å²) < 4.78 is 0.982. The molecule has 1 aliphatic heterocycles. The zero-order chi connectivity index (χ0) is 11.5. The molecule has 2 nitrogen and oxygen atoms in total. The van der Waals surface area contributed by atoms with Gasteiger partial charge in [-0.3, -0.25) is 0 Å². The Labute approximate surface area is 114 Å². The van der Waals surface area contributed by atoms with E-state index in [-0.39, 0.29) is 0 Å². The molecule has 0 aromatic heterocycles. The van der Waals surface area contributed by atoms with Crippen molar-refractivity contribution in [2.75, 3.05) is 29.5 Å². The summed E-state index contributed by atoms with van der Waals surface area (Å²) in [5.41, 5.74) is 7.91. The maximum absolute atomic E-state index is 5.79. The Bertz CT molecular complexity index is 403. The van der Waals surface area contributed by atoms with Crippen LogP contribution in [0.1, 0.15) is 5.56 Å². The summed E-state index contributed by atoms with van der Waals surface area (Å²) in [6.07, 6.45) is 0. The van der Waals surface area contributed by atoms with Crippen LogP contribution in [0.4, 0.5) is 5.69 Å². The van der Waals surface area contributed by atoms with Crippen molar-refractivity contribution in [1.82, 2.24) is 0 Å². The van der Waals surface area contributed by atoms with Crippen molar-refractivity contribution >= 4 is 50.6 Å². The number of halogens is 1. The molecule has 0 amide bonds. The van der Waals surface area contributed by atoms with E-state index in [4.69, 9.17) is 18.0 Å². The summed E-state index contributed by atoms with van der Waals surface area (Å²) in [7, 11) is 0. The largest absolute Gasteiger partial charge is 0.389 e. The fraction of sp³-hybridized carbons (Fsp3) is 0.364. The third kappa shape index (κ3) is 2.52. The van der Waals surface area contributed by atoms with Crippen LogP contribution in [0.15, 0.2) is 22.7 Å². The van der Waals surface area contributed by atoms with Crippen LogP contribution in [0.25, 0.3) is 0 Å². The van der Waals surface area contributed by atoms with Crippen molar-refractivity contribution < 1.29 is 0 Å². The lowest BCUT2D eigenvalue weighted by Gasteiger charge is -2.30. The van der Waals surface area contributed by atoms with Crippen molar-refractivity contribution in [3.8, 4) is 0 Å². The number of benzene rings is 1. The standard InChI is InChI=1S/C11H13BrN2S2/c12-8-2-1-3-9(10(8)11(13)15)14-4-6-16-7-5-14/h1-3H,4-7H2,(H2,13,15). The van der Waals surface area contributed by atoms with Gasteiger partial charge in [0.2, 0.25) is 0 Å². The van der Waals surface area contributed by atoms with Gasteiger partial charge in [0.1, 0.15) is 4.99 Å². The molecule has 2 rings (SSSR count). The van der Waals surface area contributed by atoms with Gasteiger partial charge in [0.05, 0.1) is 0 Å². The Morgan fingerprint density at radius 1 is 1.38 bits per heavy atom. The monoisotopic (exact) mass is 316 g/mol. The number of nitrogens with two attached hydrogens (primary N) is 1. The topological polar surface area (TPSA) is 29.3 Å². The molecule has 0 atom stereocenters. The van der Waals surface area contributed by atoms with Gasteiger partial charge in [-0.05, 0) is 28.1 Å². The highest BCUT2D eigenvalue weighted by atomic mass is 79.9. The first-order valence-corrected chi connectivity index (χ1v) is 7.47. The second-order valence-electron chi connectivity index (χ2n) is 3.60. The van der Waals surface area contributed by atoms with Crippen molar-refractivity contribution in [3.05, 3.63) is 28.2 Å². The zero-order valence-electron chi connectivity index (χ0n) is 8.78. The molecule has 0 spiro atoms. The van der Waals surface area contributed by atoms with E-state index in [9.17, 15) is 0 Å². The molecule has 1 saturated heterocycles. The summed E-state index contributed by atoms with van der Waals surface area (Å²) >= 11 is 10.6.